The van der Waals surface area contributed by atoms with Crippen LogP contribution < -0.4 is 0 Å². The Balaban J connectivity index is 3.07. The van der Waals surface area contributed by atoms with Crippen LogP contribution in [-0.2, 0) is 4.74 Å². The van der Waals surface area contributed by atoms with E-state index in [0.717, 1.165) is 0 Å². The molecule has 0 aromatic rings. The highest BCUT2D eigenvalue weighted by atomic mass is 16.5. The highest BCUT2D eigenvalue weighted by Gasteiger charge is 1.99. The second-order valence-electron chi connectivity index (χ2n) is 3.28. The highest BCUT2D eigenvalue weighted by Crippen LogP contribution is 2.07. The van der Waals surface area contributed by atoms with E-state index in [1.165, 1.54) is 32.1 Å². The van der Waals surface area contributed by atoms with Crippen LogP contribution in [-0.4, -0.2) is 12.7 Å². The predicted molar refractivity (Wildman–Crippen MR) is 54.4 cm³/mol. The summed E-state index contributed by atoms with van der Waals surface area (Å²) in [6.45, 7) is 8.67. The first-order valence-corrected chi connectivity index (χ1v) is 5.03. The van der Waals surface area contributed by atoms with Crippen LogP contribution in [0.4, 0.5) is 0 Å². The molecule has 0 amide bonds. The van der Waals surface area contributed by atoms with Crippen LogP contribution in [0.2, 0.25) is 0 Å². The molecule has 1 heteroatoms. The summed E-state index contributed by atoms with van der Waals surface area (Å²) >= 11 is 0. The second kappa shape index (κ2) is 8.79. The third-order valence-electron chi connectivity index (χ3n) is 1.96. The fourth-order valence-corrected chi connectivity index (χ4v) is 1.17. The predicted octanol–water partition coefficient (Wildman–Crippen LogP) is 3.55. The fraction of sp³-hybridized carbons (Fsp3) is 0.818. The van der Waals surface area contributed by atoms with Gasteiger partial charge in [-0.2, -0.15) is 0 Å². The Hall–Kier alpha value is -0.300. The van der Waals surface area contributed by atoms with Crippen LogP contribution in [0.15, 0.2) is 12.7 Å². The highest BCUT2D eigenvalue weighted by molar-refractivity contribution is 4.65. The first kappa shape index (κ1) is 11.7. The zero-order valence-electron chi connectivity index (χ0n) is 8.51. The zero-order chi connectivity index (χ0) is 9.23. The average molecular weight is 170 g/mol. The largest absolute Gasteiger partial charge is 0.374 e. The van der Waals surface area contributed by atoms with E-state index in [1.54, 1.807) is 0 Å². The normalized spacial score (nSPS) is 12.8. The van der Waals surface area contributed by atoms with E-state index in [2.05, 4.69) is 20.4 Å². The molecular weight excluding hydrogens is 148 g/mol. The Morgan fingerprint density at radius 3 is 2.67 bits per heavy atom. The maximum Gasteiger partial charge on any atom is 0.0648 e. The molecule has 0 saturated carbocycles. The molecule has 0 heterocycles. The van der Waals surface area contributed by atoms with E-state index in [-0.39, 0.29) is 0 Å². The van der Waals surface area contributed by atoms with E-state index in [1.807, 2.05) is 6.08 Å². The van der Waals surface area contributed by atoms with E-state index in [0.29, 0.717) is 12.7 Å². The van der Waals surface area contributed by atoms with Crippen LogP contribution in [0.25, 0.3) is 0 Å². The van der Waals surface area contributed by atoms with Crippen LogP contribution >= 0.6 is 0 Å². The van der Waals surface area contributed by atoms with Gasteiger partial charge in [0.2, 0.25) is 0 Å². The van der Waals surface area contributed by atoms with Gasteiger partial charge < -0.3 is 4.74 Å². The molecule has 0 aliphatic heterocycles. The van der Waals surface area contributed by atoms with Crippen LogP contribution in [0, 0.1) is 0 Å². The lowest BCUT2D eigenvalue weighted by Crippen LogP contribution is -2.07. The van der Waals surface area contributed by atoms with E-state index >= 15 is 0 Å². The van der Waals surface area contributed by atoms with Crippen LogP contribution in [0.1, 0.15) is 46.0 Å². The number of rotatable bonds is 8. The molecule has 0 aliphatic rings. The Bertz CT molecular complexity index is 99.2. The number of hydrogen-bond acceptors (Lipinski definition) is 1. The molecule has 0 N–H and O–H groups in total. The zero-order valence-corrected chi connectivity index (χ0v) is 8.51. The number of unbranched alkanes of at least 4 members (excludes halogenated alkanes) is 3. The van der Waals surface area contributed by atoms with Crippen molar-refractivity contribution in [1.82, 2.24) is 0 Å². The smallest absolute Gasteiger partial charge is 0.0648 e. The van der Waals surface area contributed by atoms with Crippen LogP contribution in [0.5, 0.6) is 0 Å². The van der Waals surface area contributed by atoms with Gasteiger partial charge in [-0.3, -0.25) is 0 Å². The lowest BCUT2D eigenvalue weighted by molar-refractivity contribution is 0.0799. The van der Waals surface area contributed by atoms with Gasteiger partial charge in [-0.15, -0.1) is 6.58 Å². The summed E-state index contributed by atoms with van der Waals surface area (Å²) < 4.78 is 5.45. The second-order valence-corrected chi connectivity index (χ2v) is 3.28. The van der Waals surface area contributed by atoms with Gasteiger partial charge in [0.05, 0.1) is 12.7 Å². The molecule has 0 fully saturated rings. The van der Waals surface area contributed by atoms with Crippen molar-refractivity contribution >= 4 is 0 Å². The van der Waals surface area contributed by atoms with E-state index in [9.17, 15) is 0 Å². The van der Waals surface area contributed by atoms with Gasteiger partial charge in [-0.25, -0.2) is 0 Å². The van der Waals surface area contributed by atoms with Gasteiger partial charge >= 0.3 is 0 Å². The summed E-state index contributed by atoms with van der Waals surface area (Å²) in [6, 6.07) is 0. The first-order chi connectivity index (χ1) is 5.81. The van der Waals surface area contributed by atoms with Crippen molar-refractivity contribution in [3.05, 3.63) is 12.7 Å². The summed E-state index contributed by atoms with van der Waals surface area (Å²) in [4.78, 5) is 0. The van der Waals surface area contributed by atoms with Crippen molar-refractivity contribution in [1.29, 1.82) is 0 Å². The molecule has 0 rings (SSSR count). The lowest BCUT2D eigenvalue weighted by Gasteiger charge is -2.10. The SMILES string of the molecule is C=CCOC(C)CCCCCC. The van der Waals surface area contributed by atoms with Gasteiger partial charge in [-0.1, -0.05) is 38.7 Å². The Kier molecular flexibility index (Phi) is 8.57. The fourth-order valence-electron chi connectivity index (χ4n) is 1.17. The molecule has 0 bridgehead atoms. The van der Waals surface area contributed by atoms with Crippen LogP contribution in [0.3, 0.4) is 0 Å². The molecule has 1 unspecified atom stereocenters. The molecule has 0 spiro atoms. The Labute approximate surface area is 76.8 Å². The quantitative estimate of drug-likeness (QED) is 0.400. The van der Waals surface area contributed by atoms with Crippen molar-refractivity contribution < 1.29 is 4.74 Å². The topological polar surface area (TPSA) is 9.23 Å². The Morgan fingerprint density at radius 1 is 1.33 bits per heavy atom. The molecule has 72 valence electrons. The average Bonchev–Trinajstić information content (AvgIpc) is 2.09. The summed E-state index contributed by atoms with van der Waals surface area (Å²) in [5, 5.41) is 0. The molecule has 1 nitrogen and oxygen atoms in total. The standard InChI is InChI=1S/C11H22O/c1-4-6-7-8-9-11(3)12-10-5-2/h5,11H,2,4,6-10H2,1,3H3. The molecule has 12 heavy (non-hydrogen) atoms. The third kappa shape index (κ3) is 7.80. The molecule has 0 aliphatic carbocycles. The van der Waals surface area contributed by atoms with Crippen molar-refractivity contribution in [2.24, 2.45) is 0 Å². The summed E-state index contributed by atoms with van der Waals surface area (Å²) in [7, 11) is 0. The molecule has 0 saturated heterocycles. The monoisotopic (exact) mass is 170 g/mol. The summed E-state index contributed by atoms with van der Waals surface area (Å²) in [6.07, 6.45) is 8.71. The lowest BCUT2D eigenvalue weighted by atomic mass is 10.1. The van der Waals surface area contributed by atoms with Gasteiger partial charge in [0.15, 0.2) is 0 Å². The molecule has 0 radical (unpaired) electrons. The summed E-state index contributed by atoms with van der Waals surface area (Å²) in [5.41, 5.74) is 0. The minimum absolute atomic E-state index is 0.403. The van der Waals surface area contributed by atoms with Crippen molar-refractivity contribution in [2.45, 2.75) is 52.1 Å². The van der Waals surface area contributed by atoms with Crippen molar-refractivity contribution in [2.75, 3.05) is 6.61 Å². The summed E-state index contributed by atoms with van der Waals surface area (Å²) in [5.74, 6) is 0. The van der Waals surface area contributed by atoms with Gasteiger partial charge in [0.1, 0.15) is 0 Å². The molecule has 1 atom stereocenters. The van der Waals surface area contributed by atoms with E-state index in [4.69, 9.17) is 4.74 Å². The maximum atomic E-state index is 5.45. The van der Waals surface area contributed by atoms with E-state index < -0.39 is 0 Å². The van der Waals surface area contributed by atoms with Crippen molar-refractivity contribution in [3.63, 3.8) is 0 Å². The molecule has 0 aromatic heterocycles. The van der Waals surface area contributed by atoms with Gasteiger partial charge in [0.25, 0.3) is 0 Å². The molecule has 0 aromatic carbocycles. The minimum atomic E-state index is 0.403. The van der Waals surface area contributed by atoms with Crippen molar-refractivity contribution in [3.8, 4) is 0 Å². The van der Waals surface area contributed by atoms with Gasteiger partial charge in [-0.05, 0) is 13.3 Å². The molecular formula is C11H22O. The number of hydrogen-bond donors (Lipinski definition) is 0. The third-order valence-corrected chi connectivity index (χ3v) is 1.96. The number of ether oxygens (including phenoxy) is 1. The minimum Gasteiger partial charge on any atom is -0.374 e. The van der Waals surface area contributed by atoms with Gasteiger partial charge in [0, 0.05) is 0 Å². The maximum absolute atomic E-state index is 5.45. The Morgan fingerprint density at radius 2 is 2.08 bits per heavy atom. The first-order valence-electron chi connectivity index (χ1n) is 5.03.